The summed E-state index contributed by atoms with van der Waals surface area (Å²) in [7, 11) is 3.95. The van der Waals surface area contributed by atoms with Crippen molar-refractivity contribution < 1.29 is 14.7 Å². The average molecular weight is 439 g/mol. The van der Waals surface area contributed by atoms with Gasteiger partial charge in [-0.25, -0.2) is 4.98 Å². The predicted molar refractivity (Wildman–Crippen MR) is 121 cm³/mol. The molecule has 31 heavy (non-hydrogen) atoms. The normalized spacial score (nSPS) is 18.6. The second kappa shape index (κ2) is 8.28. The number of amides is 1. The minimum Gasteiger partial charge on any atom is -0.505 e. The summed E-state index contributed by atoms with van der Waals surface area (Å²) < 4.78 is 1.78. The smallest absolute Gasteiger partial charge is 0.295 e. The standard InChI is InChI=1S/C23H26N4O3S/c1-14-8-5-11-26-18(15(2)24-22(14)26)20(28)17-19(16-9-6-13-31-16)27(23(30)21(17)29)12-7-10-25(3)4/h5-6,8-9,11,13,19,28H,7,10,12H2,1-4H3. The number of ketones is 1. The van der Waals surface area contributed by atoms with Gasteiger partial charge in [-0.05, 0) is 64.0 Å². The topological polar surface area (TPSA) is 78.1 Å². The maximum Gasteiger partial charge on any atom is 0.295 e. The van der Waals surface area contributed by atoms with Crippen LogP contribution in [0.4, 0.5) is 0 Å². The Morgan fingerprint density at radius 1 is 1.23 bits per heavy atom. The molecule has 1 unspecified atom stereocenters. The van der Waals surface area contributed by atoms with Gasteiger partial charge in [-0.2, -0.15) is 0 Å². The van der Waals surface area contributed by atoms with Crippen LogP contribution in [0.3, 0.4) is 0 Å². The van der Waals surface area contributed by atoms with E-state index in [0.717, 1.165) is 29.1 Å². The van der Waals surface area contributed by atoms with Crippen molar-refractivity contribution in [3.8, 4) is 0 Å². The van der Waals surface area contributed by atoms with Gasteiger partial charge in [-0.1, -0.05) is 12.1 Å². The number of aliphatic hydroxyl groups excluding tert-OH is 1. The summed E-state index contributed by atoms with van der Waals surface area (Å²) in [4.78, 5) is 35.2. The molecule has 4 rings (SSSR count). The maximum atomic E-state index is 13.1. The first-order valence-electron chi connectivity index (χ1n) is 10.2. The molecular weight excluding hydrogens is 412 g/mol. The van der Waals surface area contributed by atoms with Crippen molar-refractivity contribution in [1.29, 1.82) is 0 Å². The minimum absolute atomic E-state index is 0.128. The predicted octanol–water partition coefficient (Wildman–Crippen LogP) is 3.39. The number of aryl methyl sites for hydroxylation is 2. The molecule has 4 heterocycles. The second-order valence-corrected chi connectivity index (χ2v) is 9.07. The number of aliphatic hydroxyl groups is 1. The highest BCUT2D eigenvalue weighted by atomic mass is 32.1. The number of carbonyl (C=O) groups excluding carboxylic acids is 2. The summed E-state index contributed by atoms with van der Waals surface area (Å²) in [6.45, 7) is 4.98. The summed E-state index contributed by atoms with van der Waals surface area (Å²) in [6, 6.07) is 7.01. The van der Waals surface area contributed by atoms with E-state index in [0.29, 0.717) is 17.9 Å². The number of fused-ring (bicyclic) bond motifs is 1. The SMILES string of the molecule is Cc1nc2c(C)cccn2c1C(O)=C1C(=O)C(=O)N(CCCN(C)C)C1c1cccs1. The van der Waals surface area contributed by atoms with Crippen molar-refractivity contribution in [2.45, 2.75) is 26.3 Å². The van der Waals surface area contributed by atoms with Crippen molar-refractivity contribution in [1.82, 2.24) is 19.2 Å². The number of rotatable bonds is 6. The largest absolute Gasteiger partial charge is 0.505 e. The molecule has 1 amide bonds. The molecule has 162 valence electrons. The molecule has 7 nitrogen and oxygen atoms in total. The number of nitrogens with zero attached hydrogens (tertiary/aromatic N) is 4. The van der Waals surface area contributed by atoms with Crippen LogP contribution < -0.4 is 0 Å². The number of pyridine rings is 1. The quantitative estimate of drug-likeness (QED) is 0.363. The van der Waals surface area contributed by atoms with Crippen LogP contribution in [0.25, 0.3) is 11.4 Å². The molecule has 0 aromatic carbocycles. The van der Waals surface area contributed by atoms with Gasteiger partial charge in [0.2, 0.25) is 0 Å². The third-order valence-electron chi connectivity index (χ3n) is 5.60. The molecule has 1 saturated heterocycles. The lowest BCUT2D eigenvalue weighted by Crippen LogP contribution is -2.32. The van der Waals surface area contributed by atoms with Gasteiger partial charge in [0.25, 0.3) is 11.7 Å². The molecule has 0 bridgehead atoms. The molecular formula is C23H26N4O3S. The Kier molecular flexibility index (Phi) is 5.68. The molecule has 0 radical (unpaired) electrons. The van der Waals surface area contributed by atoms with E-state index in [4.69, 9.17) is 0 Å². The van der Waals surface area contributed by atoms with Gasteiger partial charge in [0, 0.05) is 17.6 Å². The first-order chi connectivity index (χ1) is 14.8. The zero-order chi connectivity index (χ0) is 22.3. The number of aromatic nitrogens is 2. The number of likely N-dealkylation sites (tertiary alicyclic amines) is 1. The Morgan fingerprint density at radius 2 is 2.00 bits per heavy atom. The van der Waals surface area contributed by atoms with Crippen molar-refractivity contribution in [2.24, 2.45) is 0 Å². The van der Waals surface area contributed by atoms with Crippen molar-refractivity contribution in [3.05, 3.63) is 63.2 Å². The van der Waals surface area contributed by atoms with Gasteiger partial charge in [0.05, 0.1) is 17.3 Å². The van der Waals surface area contributed by atoms with Gasteiger partial charge < -0.3 is 14.9 Å². The molecule has 8 heteroatoms. The lowest BCUT2D eigenvalue weighted by molar-refractivity contribution is -0.139. The summed E-state index contributed by atoms with van der Waals surface area (Å²) in [6.07, 6.45) is 2.54. The van der Waals surface area contributed by atoms with Crippen LogP contribution in [-0.4, -0.2) is 63.2 Å². The Hall–Kier alpha value is -2.97. The summed E-state index contributed by atoms with van der Waals surface area (Å²) in [5.74, 6) is -1.40. The van der Waals surface area contributed by atoms with Crippen LogP contribution in [0.5, 0.6) is 0 Å². The highest BCUT2D eigenvalue weighted by molar-refractivity contribution is 7.10. The Bertz CT molecular complexity index is 1180. The monoisotopic (exact) mass is 438 g/mol. The number of hydrogen-bond donors (Lipinski definition) is 1. The van der Waals surface area contributed by atoms with Crippen LogP contribution in [0.1, 0.15) is 34.3 Å². The van der Waals surface area contributed by atoms with Crippen LogP contribution in [0.15, 0.2) is 41.4 Å². The zero-order valence-electron chi connectivity index (χ0n) is 18.1. The Balaban J connectivity index is 1.86. The summed E-state index contributed by atoms with van der Waals surface area (Å²) in [5.41, 5.74) is 2.86. The summed E-state index contributed by atoms with van der Waals surface area (Å²) in [5, 5.41) is 13.3. The minimum atomic E-state index is -0.650. The van der Waals surface area contributed by atoms with Gasteiger partial charge in [-0.15, -0.1) is 11.3 Å². The molecule has 0 aliphatic carbocycles. The molecule has 3 aromatic heterocycles. The van der Waals surface area contributed by atoms with Crippen LogP contribution in [0.2, 0.25) is 0 Å². The van der Waals surface area contributed by atoms with Crippen LogP contribution in [0, 0.1) is 13.8 Å². The molecule has 1 aliphatic heterocycles. The van der Waals surface area contributed by atoms with E-state index in [1.807, 2.05) is 61.8 Å². The molecule has 1 N–H and O–H groups in total. The first-order valence-corrected chi connectivity index (χ1v) is 11.1. The van der Waals surface area contributed by atoms with Gasteiger partial charge in [0.15, 0.2) is 5.76 Å². The average Bonchev–Trinajstić information content (AvgIpc) is 3.41. The number of Topliss-reactive ketones (excluding diaryl/α,β-unsaturated/α-hetero) is 1. The molecule has 1 aliphatic rings. The fourth-order valence-electron chi connectivity index (χ4n) is 4.14. The third kappa shape index (κ3) is 3.66. The number of imidazole rings is 1. The Morgan fingerprint density at radius 3 is 2.68 bits per heavy atom. The fourth-order valence-corrected chi connectivity index (χ4v) is 4.99. The van der Waals surface area contributed by atoms with E-state index in [2.05, 4.69) is 4.98 Å². The molecule has 1 fully saturated rings. The highest BCUT2D eigenvalue weighted by Gasteiger charge is 2.46. The number of carbonyl (C=O) groups is 2. The number of hydrogen-bond acceptors (Lipinski definition) is 6. The lowest BCUT2D eigenvalue weighted by Gasteiger charge is -2.24. The molecule has 0 saturated carbocycles. The molecule has 3 aromatic rings. The number of thiophene rings is 1. The second-order valence-electron chi connectivity index (χ2n) is 8.10. The van der Waals surface area contributed by atoms with Crippen LogP contribution in [-0.2, 0) is 9.59 Å². The first kappa shape index (κ1) is 21.3. The van der Waals surface area contributed by atoms with E-state index in [1.165, 1.54) is 11.3 Å². The lowest BCUT2D eigenvalue weighted by atomic mass is 10.0. The summed E-state index contributed by atoms with van der Waals surface area (Å²) >= 11 is 1.47. The van der Waals surface area contributed by atoms with E-state index in [1.54, 1.807) is 16.2 Å². The fraction of sp³-hybridized carbons (Fsp3) is 0.348. The van der Waals surface area contributed by atoms with Gasteiger partial charge in [0.1, 0.15) is 11.3 Å². The van der Waals surface area contributed by atoms with Crippen molar-refractivity contribution >= 4 is 34.4 Å². The van der Waals surface area contributed by atoms with Crippen molar-refractivity contribution in [2.75, 3.05) is 27.2 Å². The van der Waals surface area contributed by atoms with Crippen LogP contribution >= 0.6 is 11.3 Å². The van der Waals surface area contributed by atoms with E-state index < -0.39 is 17.7 Å². The highest BCUT2D eigenvalue weighted by Crippen LogP contribution is 2.41. The molecule has 0 spiro atoms. The Labute approximate surface area is 185 Å². The van der Waals surface area contributed by atoms with E-state index in [-0.39, 0.29) is 11.3 Å². The van der Waals surface area contributed by atoms with Gasteiger partial charge in [-0.3, -0.25) is 14.0 Å². The van der Waals surface area contributed by atoms with Crippen molar-refractivity contribution in [3.63, 3.8) is 0 Å². The molecule has 1 atom stereocenters. The van der Waals surface area contributed by atoms with E-state index in [9.17, 15) is 14.7 Å². The zero-order valence-corrected chi connectivity index (χ0v) is 18.9. The van der Waals surface area contributed by atoms with Gasteiger partial charge >= 0.3 is 0 Å². The maximum absolute atomic E-state index is 13.1. The third-order valence-corrected chi connectivity index (χ3v) is 6.53. The van der Waals surface area contributed by atoms with E-state index >= 15 is 0 Å².